The van der Waals surface area contributed by atoms with E-state index >= 15 is 0 Å². The fourth-order valence-electron chi connectivity index (χ4n) is 4.00. The van der Waals surface area contributed by atoms with Gasteiger partial charge < -0.3 is 5.32 Å². The van der Waals surface area contributed by atoms with E-state index in [4.69, 9.17) is 4.99 Å². The van der Waals surface area contributed by atoms with Crippen LogP contribution in [0.15, 0.2) is 4.99 Å². The number of fused-ring (bicyclic) bond motifs is 1. The smallest absolute Gasteiger partial charge is 0.157 e. The number of nitrogens with zero attached hydrogens (tertiary/aromatic N) is 1. The van der Waals surface area contributed by atoms with Gasteiger partial charge in [0.05, 0.1) is 6.04 Å². The molecule has 3 rings (SSSR count). The van der Waals surface area contributed by atoms with E-state index in [1.54, 1.807) is 0 Å². The van der Waals surface area contributed by atoms with Gasteiger partial charge in [-0.3, -0.25) is 4.99 Å². The first-order valence-electron chi connectivity index (χ1n) is 8.09. The van der Waals surface area contributed by atoms with Crippen molar-refractivity contribution in [2.75, 3.05) is 5.75 Å². The molecule has 2 saturated carbocycles. The van der Waals surface area contributed by atoms with Crippen LogP contribution in [0.4, 0.5) is 0 Å². The molecule has 0 amide bonds. The van der Waals surface area contributed by atoms with Crippen LogP contribution in [0.25, 0.3) is 0 Å². The van der Waals surface area contributed by atoms with Gasteiger partial charge in [-0.1, -0.05) is 44.9 Å². The Bertz CT molecular complexity index is 351. The molecule has 0 saturated heterocycles. The Labute approximate surface area is 122 Å². The molecule has 0 aromatic carbocycles. The minimum absolute atomic E-state index is 0.517. The third kappa shape index (κ3) is 3.48. The van der Waals surface area contributed by atoms with Gasteiger partial charge in [-0.15, -0.1) is 0 Å². The number of hydrogen-bond donors (Lipinski definition) is 1. The van der Waals surface area contributed by atoms with Crippen LogP contribution >= 0.6 is 11.8 Å². The number of amidine groups is 1. The minimum atomic E-state index is 0.517. The van der Waals surface area contributed by atoms with Crippen molar-refractivity contribution in [3.63, 3.8) is 0 Å². The average Bonchev–Trinajstić information content (AvgIpc) is 2.37. The van der Waals surface area contributed by atoms with Gasteiger partial charge in [-0.05, 0) is 43.4 Å². The number of hydrogen-bond acceptors (Lipinski definition) is 3. The molecule has 0 bridgehead atoms. The summed E-state index contributed by atoms with van der Waals surface area (Å²) < 4.78 is 0. The van der Waals surface area contributed by atoms with E-state index in [0.717, 1.165) is 5.92 Å². The number of rotatable bonds is 1. The zero-order chi connectivity index (χ0) is 13.3. The highest BCUT2D eigenvalue weighted by Gasteiger charge is 2.32. The molecule has 0 aromatic heterocycles. The summed E-state index contributed by atoms with van der Waals surface area (Å²) in [7, 11) is 0. The predicted molar refractivity (Wildman–Crippen MR) is 84.8 cm³/mol. The van der Waals surface area contributed by atoms with Gasteiger partial charge in [-0.25, -0.2) is 0 Å². The molecule has 3 aliphatic rings. The monoisotopic (exact) mass is 280 g/mol. The van der Waals surface area contributed by atoms with E-state index in [9.17, 15) is 0 Å². The zero-order valence-corrected chi connectivity index (χ0v) is 13.3. The van der Waals surface area contributed by atoms with Crippen molar-refractivity contribution in [2.24, 2.45) is 16.3 Å². The third-order valence-corrected chi connectivity index (χ3v) is 6.21. The van der Waals surface area contributed by atoms with Crippen molar-refractivity contribution in [1.29, 1.82) is 0 Å². The van der Waals surface area contributed by atoms with E-state index < -0.39 is 0 Å². The fourth-order valence-corrected chi connectivity index (χ4v) is 5.22. The molecule has 0 spiro atoms. The minimum Gasteiger partial charge on any atom is -0.362 e. The van der Waals surface area contributed by atoms with Crippen LogP contribution in [-0.4, -0.2) is 23.0 Å². The van der Waals surface area contributed by atoms with Gasteiger partial charge in [-0.2, -0.15) is 0 Å². The fraction of sp³-hybridized carbons (Fsp3) is 0.938. The molecule has 3 heteroatoms. The molecular formula is C16H28N2S. The maximum absolute atomic E-state index is 5.01. The quantitative estimate of drug-likeness (QED) is 0.778. The summed E-state index contributed by atoms with van der Waals surface area (Å²) in [5.74, 6) is 2.17. The van der Waals surface area contributed by atoms with Crippen molar-refractivity contribution >= 4 is 16.9 Å². The molecule has 3 atom stereocenters. The van der Waals surface area contributed by atoms with E-state index in [-0.39, 0.29) is 0 Å². The third-order valence-electron chi connectivity index (χ3n) is 5.12. The van der Waals surface area contributed by atoms with Crippen LogP contribution in [0.3, 0.4) is 0 Å². The van der Waals surface area contributed by atoms with E-state index in [2.05, 4.69) is 19.2 Å². The number of thioether (sulfide) groups is 1. The van der Waals surface area contributed by atoms with Crippen LogP contribution < -0.4 is 5.32 Å². The summed E-state index contributed by atoms with van der Waals surface area (Å²) in [6.45, 7) is 4.82. The van der Waals surface area contributed by atoms with Gasteiger partial charge in [0.15, 0.2) is 5.17 Å². The molecule has 1 heterocycles. The summed E-state index contributed by atoms with van der Waals surface area (Å²) in [5.41, 5.74) is 0.517. The van der Waals surface area contributed by atoms with Crippen molar-refractivity contribution in [1.82, 2.24) is 5.32 Å². The van der Waals surface area contributed by atoms with Gasteiger partial charge >= 0.3 is 0 Å². The van der Waals surface area contributed by atoms with E-state index in [1.807, 2.05) is 11.8 Å². The molecule has 2 nitrogen and oxygen atoms in total. The maximum atomic E-state index is 5.01. The average molecular weight is 280 g/mol. The standard InChI is InChI=1S/C16H28N2S/c1-16(2)9-5-7-13(10-16)17-15-18-14-8-4-3-6-12(14)11-19-15/h12-14H,3-11H2,1-2H3,(H,17,18). The Kier molecular flexibility index (Phi) is 4.11. The number of aliphatic imine (C=N–C) groups is 1. The van der Waals surface area contributed by atoms with Crippen LogP contribution in [0, 0.1) is 11.3 Å². The van der Waals surface area contributed by atoms with Crippen LogP contribution in [0.2, 0.25) is 0 Å². The molecule has 3 unspecified atom stereocenters. The molecule has 2 fully saturated rings. The van der Waals surface area contributed by atoms with E-state index in [1.165, 1.54) is 62.3 Å². The first-order valence-corrected chi connectivity index (χ1v) is 9.08. The van der Waals surface area contributed by atoms with Gasteiger partial charge in [0.2, 0.25) is 0 Å². The Morgan fingerprint density at radius 2 is 2.00 bits per heavy atom. The highest BCUT2D eigenvalue weighted by atomic mass is 32.2. The maximum Gasteiger partial charge on any atom is 0.157 e. The largest absolute Gasteiger partial charge is 0.362 e. The van der Waals surface area contributed by atoms with Gasteiger partial charge in [0.1, 0.15) is 0 Å². The Balaban J connectivity index is 1.59. The summed E-state index contributed by atoms with van der Waals surface area (Å²) in [6, 6.07) is 1.30. The van der Waals surface area contributed by atoms with Crippen molar-refractivity contribution in [3.05, 3.63) is 0 Å². The Hall–Kier alpha value is -0.180. The molecule has 1 N–H and O–H groups in total. The van der Waals surface area contributed by atoms with Crippen LogP contribution in [0.5, 0.6) is 0 Å². The second-order valence-electron chi connectivity index (χ2n) is 7.46. The lowest BCUT2D eigenvalue weighted by atomic mass is 9.75. The van der Waals surface area contributed by atoms with Crippen LogP contribution in [-0.2, 0) is 0 Å². The predicted octanol–water partition coefficient (Wildman–Crippen LogP) is 4.21. The number of nitrogens with one attached hydrogen (secondary N) is 1. The lowest BCUT2D eigenvalue weighted by Crippen LogP contribution is -2.42. The second-order valence-corrected chi connectivity index (χ2v) is 8.47. The topological polar surface area (TPSA) is 24.4 Å². The summed E-state index contributed by atoms with van der Waals surface area (Å²) >= 11 is 1.98. The van der Waals surface area contributed by atoms with Crippen molar-refractivity contribution < 1.29 is 0 Å². The molecule has 2 aliphatic carbocycles. The van der Waals surface area contributed by atoms with Crippen molar-refractivity contribution in [3.8, 4) is 0 Å². The van der Waals surface area contributed by atoms with Gasteiger partial charge in [0, 0.05) is 11.8 Å². The SMILES string of the molecule is CC1(C)CCCC(NC2=NC3CCCCC3CS2)C1. The second kappa shape index (κ2) is 5.67. The first kappa shape index (κ1) is 13.8. The molecule has 0 aromatic rings. The summed E-state index contributed by atoms with van der Waals surface area (Å²) in [6.07, 6.45) is 10.9. The van der Waals surface area contributed by atoms with Gasteiger partial charge in [0.25, 0.3) is 0 Å². The molecule has 19 heavy (non-hydrogen) atoms. The van der Waals surface area contributed by atoms with E-state index in [0.29, 0.717) is 17.5 Å². The zero-order valence-electron chi connectivity index (χ0n) is 12.5. The Morgan fingerprint density at radius 1 is 1.16 bits per heavy atom. The molecule has 1 aliphatic heterocycles. The highest BCUT2D eigenvalue weighted by Crippen LogP contribution is 2.37. The van der Waals surface area contributed by atoms with Crippen LogP contribution in [0.1, 0.15) is 65.2 Å². The lowest BCUT2D eigenvalue weighted by Gasteiger charge is -2.38. The molecular weight excluding hydrogens is 252 g/mol. The Morgan fingerprint density at radius 3 is 2.84 bits per heavy atom. The lowest BCUT2D eigenvalue weighted by molar-refractivity contribution is 0.211. The summed E-state index contributed by atoms with van der Waals surface area (Å²) in [5, 5.41) is 5.01. The normalized spacial score (nSPS) is 38.2. The molecule has 0 radical (unpaired) electrons. The highest BCUT2D eigenvalue weighted by molar-refractivity contribution is 8.13. The summed E-state index contributed by atoms with van der Waals surface area (Å²) in [4.78, 5) is 5.01. The van der Waals surface area contributed by atoms with Crippen molar-refractivity contribution in [2.45, 2.75) is 77.3 Å². The molecule has 108 valence electrons. The first-order chi connectivity index (χ1) is 9.12.